The fourth-order valence-corrected chi connectivity index (χ4v) is 3.10. The summed E-state index contributed by atoms with van der Waals surface area (Å²) in [6.07, 6.45) is 1.87. The minimum absolute atomic E-state index is 0. The zero-order valence-electron chi connectivity index (χ0n) is 14.2. The molecule has 0 aromatic heterocycles. The van der Waals surface area contributed by atoms with E-state index in [1.165, 1.54) is 0 Å². The van der Waals surface area contributed by atoms with Crippen LogP contribution in [0.3, 0.4) is 0 Å². The summed E-state index contributed by atoms with van der Waals surface area (Å²) in [5.74, 6) is 0.168. The van der Waals surface area contributed by atoms with E-state index in [4.69, 9.17) is 10.5 Å². The molecular weight excluding hydrogens is 328 g/mol. The van der Waals surface area contributed by atoms with Crippen molar-refractivity contribution in [3.8, 4) is 0 Å². The van der Waals surface area contributed by atoms with Gasteiger partial charge in [-0.2, -0.15) is 0 Å². The van der Waals surface area contributed by atoms with Gasteiger partial charge in [0.2, 0.25) is 5.91 Å². The molecule has 136 valence electrons. The third-order valence-electron chi connectivity index (χ3n) is 4.50. The molecule has 3 atom stereocenters. The first-order valence-electron chi connectivity index (χ1n) is 8.42. The third-order valence-corrected chi connectivity index (χ3v) is 4.50. The van der Waals surface area contributed by atoms with Gasteiger partial charge in [-0.1, -0.05) is 30.3 Å². The van der Waals surface area contributed by atoms with E-state index in [1.54, 1.807) is 6.92 Å². The normalized spacial score (nSPS) is 19.0. The van der Waals surface area contributed by atoms with Gasteiger partial charge < -0.3 is 20.9 Å². The number of nitrogens with two attached hydrogens (primary N) is 1. The largest absolute Gasteiger partial charge is 0.393 e. The summed E-state index contributed by atoms with van der Waals surface area (Å²) in [7, 11) is 0. The van der Waals surface area contributed by atoms with Gasteiger partial charge in [-0.25, -0.2) is 0 Å². The fourth-order valence-electron chi connectivity index (χ4n) is 3.10. The monoisotopic (exact) mass is 356 g/mol. The van der Waals surface area contributed by atoms with Crippen molar-refractivity contribution in [2.24, 2.45) is 11.7 Å². The summed E-state index contributed by atoms with van der Waals surface area (Å²) in [4.78, 5) is 12.3. The summed E-state index contributed by atoms with van der Waals surface area (Å²) in [6, 6.07) is 9.47. The van der Waals surface area contributed by atoms with Crippen molar-refractivity contribution in [3.63, 3.8) is 0 Å². The first-order valence-corrected chi connectivity index (χ1v) is 8.42. The van der Waals surface area contributed by atoms with Crippen LogP contribution in [0.5, 0.6) is 0 Å². The SMILES string of the molecule is CC(O)CC(CNC(=O)C(N)C1CCOCC1)c1ccccc1.Cl. The lowest BCUT2D eigenvalue weighted by Gasteiger charge is -2.27. The van der Waals surface area contributed by atoms with Gasteiger partial charge >= 0.3 is 0 Å². The molecule has 0 aliphatic carbocycles. The Balaban J connectivity index is 0.00000288. The summed E-state index contributed by atoms with van der Waals surface area (Å²) in [5.41, 5.74) is 7.22. The first-order chi connectivity index (χ1) is 11.1. The highest BCUT2D eigenvalue weighted by molar-refractivity contribution is 5.85. The fraction of sp³-hybridized carbons (Fsp3) is 0.611. The zero-order chi connectivity index (χ0) is 16.7. The molecular formula is C18H29ClN2O3. The quantitative estimate of drug-likeness (QED) is 0.696. The van der Waals surface area contributed by atoms with Gasteiger partial charge in [0.1, 0.15) is 0 Å². The zero-order valence-corrected chi connectivity index (χ0v) is 15.0. The summed E-state index contributed by atoms with van der Waals surface area (Å²) >= 11 is 0. The summed E-state index contributed by atoms with van der Waals surface area (Å²) < 4.78 is 5.31. The molecule has 0 saturated carbocycles. The highest BCUT2D eigenvalue weighted by atomic mass is 35.5. The van der Waals surface area contributed by atoms with Crippen LogP contribution in [0.15, 0.2) is 30.3 Å². The number of aliphatic hydroxyl groups excluding tert-OH is 1. The van der Waals surface area contributed by atoms with Gasteiger partial charge in [0, 0.05) is 25.7 Å². The number of benzene rings is 1. The van der Waals surface area contributed by atoms with Crippen molar-refractivity contribution in [2.75, 3.05) is 19.8 Å². The molecule has 24 heavy (non-hydrogen) atoms. The van der Waals surface area contributed by atoms with Crippen molar-refractivity contribution >= 4 is 18.3 Å². The average molecular weight is 357 g/mol. The van der Waals surface area contributed by atoms with Crippen LogP contribution in [-0.2, 0) is 9.53 Å². The summed E-state index contributed by atoms with van der Waals surface area (Å²) in [5, 5.41) is 12.7. The Bertz CT molecular complexity index is 478. The number of nitrogens with one attached hydrogen (secondary N) is 1. The van der Waals surface area contributed by atoms with Crippen LogP contribution in [0.25, 0.3) is 0 Å². The Hall–Kier alpha value is -1.14. The number of carbonyl (C=O) groups excluding carboxylic acids is 1. The second kappa shape index (κ2) is 10.7. The standard InChI is InChI=1S/C18H28N2O3.ClH/c1-13(21)11-16(14-5-3-2-4-6-14)12-20-18(22)17(19)15-7-9-23-10-8-15;/h2-6,13,15-17,21H,7-12,19H2,1H3,(H,20,22);1H. The van der Waals surface area contributed by atoms with Crippen LogP contribution in [-0.4, -0.2) is 42.9 Å². The van der Waals surface area contributed by atoms with Gasteiger partial charge in [-0.3, -0.25) is 4.79 Å². The van der Waals surface area contributed by atoms with Gasteiger partial charge in [-0.15, -0.1) is 12.4 Å². The Morgan fingerprint density at radius 2 is 1.96 bits per heavy atom. The lowest BCUT2D eigenvalue weighted by Crippen LogP contribution is -2.48. The molecule has 0 bridgehead atoms. The molecule has 6 heteroatoms. The number of hydrogen-bond acceptors (Lipinski definition) is 4. The lowest BCUT2D eigenvalue weighted by atomic mass is 9.91. The minimum Gasteiger partial charge on any atom is -0.393 e. The predicted octanol–water partition coefficient (Wildman–Crippen LogP) is 1.83. The van der Waals surface area contributed by atoms with Gasteiger partial charge in [0.25, 0.3) is 0 Å². The Morgan fingerprint density at radius 1 is 1.33 bits per heavy atom. The van der Waals surface area contributed by atoms with Crippen molar-refractivity contribution in [1.29, 1.82) is 0 Å². The molecule has 0 radical (unpaired) electrons. The van der Waals surface area contributed by atoms with E-state index >= 15 is 0 Å². The molecule has 1 heterocycles. The van der Waals surface area contributed by atoms with Crippen LogP contribution in [0.1, 0.15) is 37.7 Å². The molecule has 1 aliphatic rings. The smallest absolute Gasteiger partial charge is 0.237 e. The third kappa shape index (κ3) is 6.40. The van der Waals surface area contributed by atoms with E-state index in [-0.39, 0.29) is 30.2 Å². The van der Waals surface area contributed by atoms with Crippen molar-refractivity contribution in [3.05, 3.63) is 35.9 Å². The van der Waals surface area contributed by atoms with E-state index in [0.29, 0.717) is 26.2 Å². The van der Waals surface area contributed by atoms with E-state index in [1.807, 2.05) is 30.3 Å². The molecule has 4 N–H and O–H groups in total. The number of ether oxygens (including phenoxy) is 1. The number of hydrogen-bond donors (Lipinski definition) is 3. The Labute approximate surface area is 150 Å². The predicted molar refractivity (Wildman–Crippen MR) is 97.3 cm³/mol. The molecule has 1 fully saturated rings. The first kappa shape index (κ1) is 20.9. The van der Waals surface area contributed by atoms with Crippen molar-refractivity contribution < 1.29 is 14.6 Å². The maximum absolute atomic E-state index is 12.3. The molecule has 0 spiro atoms. The van der Waals surface area contributed by atoms with Crippen molar-refractivity contribution in [2.45, 2.75) is 44.2 Å². The molecule has 1 aliphatic heterocycles. The molecule has 5 nitrogen and oxygen atoms in total. The number of amides is 1. The second-order valence-electron chi connectivity index (χ2n) is 6.41. The number of carbonyl (C=O) groups is 1. The molecule has 3 unspecified atom stereocenters. The lowest BCUT2D eigenvalue weighted by molar-refractivity contribution is -0.124. The minimum atomic E-state index is -0.484. The number of halogens is 1. The topological polar surface area (TPSA) is 84.6 Å². The van der Waals surface area contributed by atoms with Gasteiger partial charge in [-0.05, 0) is 37.7 Å². The molecule has 2 rings (SSSR count). The van der Waals surface area contributed by atoms with E-state index in [0.717, 1.165) is 18.4 Å². The van der Waals surface area contributed by atoms with Crippen LogP contribution in [0, 0.1) is 5.92 Å². The highest BCUT2D eigenvalue weighted by Crippen LogP contribution is 2.21. The van der Waals surface area contributed by atoms with Gasteiger partial charge in [0.05, 0.1) is 12.1 Å². The molecule has 1 aromatic rings. The Morgan fingerprint density at radius 3 is 2.54 bits per heavy atom. The van der Waals surface area contributed by atoms with Crippen LogP contribution < -0.4 is 11.1 Å². The van der Waals surface area contributed by atoms with Crippen LogP contribution in [0.2, 0.25) is 0 Å². The van der Waals surface area contributed by atoms with Gasteiger partial charge in [0.15, 0.2) is 0 Å². The Kier molecular flexibility index (Phi) is 9.29. The summed E-state index contributed by atoms with van der Waals surface area (Å²) in [6.45, 7) is 3.62. The van der Waals surface area contributed by atoms with Crippen molar-refractivity contribution in [1.82, 2.24) is 5.32 Å². The van der Waals surface area contributed by atoms with Crippen LogP contribution >= 0.6 is 12.4 Å². The van der Waals surface area contributed by atoms with E-state index in [2.05, 4.69) is 5.32 Å². The molecule has 1 aromatic carbocycles. The van der Waals surface area contributed by atoms with Crippen LogP contribution in [0.4, 0.5) is 0 Å². The van der Waals surface area contributed by atoms with E-state index in [9.17, 15) is 9.90 Å². The maximum Gasteiger partial charge on any atom is 0.237 e. The van der Waals surface area contributed by atoms with E-state index < -0.39 is 12.1 Å². The molecule has 1 amide bonds. The number of aliphatic hydroxyl groups is 1. The number of rotatable bonds is 7. The highest BCUT2D eigenvalue weighted by Gasteiger charge is 2.27. The maximum atomic E-state index is 12.3. The average Bonchev–Trinajstić information content (AvgIpc) is 2.59. The second-order valence-corrected chi connectivity index (χ2v) is 6.41. The molecule has 1 saturated heterocycles.